The molecule has 2 N–H and O–H groups in total. The summed E-state index contributed by atoms with van der Waals surface area (Å²) in [5.74, 6) is -0.684. The van der Waals surface area contributed by atoms with Crippen molar-refractivity contribution in [1.29, 1.82) is 0 Å². The van der Waals surface area contributed by atoms with Crippen LogP contribution in [0.1, 0.15) is 46.0 Å². The summed E-state index contributed by atoms with van der Waals surface area (Å²) >= 11 is 0. The van der Waals surface area contributed by atoms with Gasteiger partial charge in [0.2, 0.25) is 0 Å². The van der Waals surface area contributed by atoms with E-state index in [1.54, 1.807) is 0 Å². The Morgan fingerprint density at radius 1 is 1.47 bits per heavy atom. The summed E-state index contributed by atoms with van der Waals surface area (Å²) in [4.78, 5) is 13.4. The van der Waals surface area contributed by atoms with Gasteiger partial charge in [-0.1, -0.05) is 20.3 Å². The average molecular weight is 242 g/mol. The molecule has 0 aromatic heterocycles. The van der Waals surface area contributed by atoms with Gasteiger partial charge in [-0.3, -0.25) is 9.69 Å². The molecule has 0 spiro atoms. The van der Waals surface area contributed by atoms with Crippen LogP contribution in [-0.4, -0.2) is 47.7 Å². The molecule has 1 rings (SSSR count). The van der Waals surface area contributed by atoms with Crippen molar-refractivity contribution in [3.8, 4) is 0 Å². The first-order valence-corrected chi connectivity index (χ1v) is 6.89. The van der Waals surface area contributed by atoms with E-state index in [0.717, 1.165) is 26.1 Å². The smallest absolute Gasteiger partial charge is 0.320 e. The summed E-state index contributed by atoms with van der Waals surface area (Å²) in [5, 5.41) is 12.7. The number of aliphatic carboxylic acids is 1. The molecule has 0 bridgehead atoms. The molecular weight excluding hydrogens is 216 g/mol. The highest BCUT2D eigenvalue weighted by atomic mass is 16.4. The zero-order chi connectivity index (χ0) is 12.7. The van der Waals surface area contributed by atoms with Crippen LogP contribution in [0, 0.1) is 0 Å². The van der Waals surface area contributed by atoms with Gasteiger partial charge in [-0.25, -0.2) is 0 Å². The number of nitrogens with zero attached hydrogens (tertiary/aromatic N) is 1. The Hall–Kier alpha value is -0.610. The molecule has 1 heterocycles. The number of hydrogen-bond acceptors (Lipinski definition) is 3. The molecule has 1 saturated heterocycles. The van der Waals surface area contributed by atoms with Gasteiger partial charge in [-0.05, 0) is 38.8 Å². The third-order valence-electron chi connectivity index (χ3n) is 3.49. The summed E-state index contributed by atoms with van der Waals surface area (Å²) in [5.41, 5.74) is 0. The summed E-state index contributed by atoms with van der Waals surface area (Å²) in [7, 11) is 0. The Balaban J connectivity index is 2.53. The van der Waals surface area contributed by atoms with E-state index in [0.29, 0.717) is 12.5 Å². The van der Waals surface area contributed by atoms with Crippen molar-refractivity contribution in [2.75, 3.05) is 19.6 Å². The number of piperidine rings is 1. The zero-order valence-corrected chi connectivity index (χ0v) is 11.1. The molecule has 0 aliphatic carbocycles. The van der Waals surface area contributed by atoms with E-state index in [4.69, 9.17) is 0 Å². The SMILES string of the molecule is CCCN(CC1CCCCN1)C(CC)C(=O)O. The summed E-state index contributed by atoms with van der Waals surface area (Å²) in [6, 6.07) is 0.155. The van der Waals surface area contributed by atoms with Crippen LogP contribution in [-0.2, 0) is 4.79 Å². The second kappa shape index (κ2) is 7.67. The molecule has 4 nitrogen and oxygen atoms in total. The lowest BCUT2D eigenvalue weighted by molar-refractivity contribution is -0.143. The van der Waals surface area contributed by atoms with Crippen molar-refractivity contribution < 1.29 is 9.90 Å². The van der Waals surface area contributed by atoms with Crippen molar-refractivity contribution in [3.05, 3.63) is 0 Å². The molecule has 1 aliphatic rings. The Kier molecular flexibility index (Phi) is 6.52. The van der Waals surface area contributed by atoms with Crippen molar-refractivity contribution in [2.45, 2.75) is 58.0 Å². The number of nitrogens with one attached hydrogen (secondary N) is 1. The fraction of sp³-hybridized carbons (Fsp3) is 0.923. The molecule has 2 atom stereocenters. The van der Waals surface area contributed by atoms with Gasteiger partial charge in [0, 0.05) is 12.6 Å². The van der Waals surface area contributed by atoms with E-state index in [9.17, 15) is 9.90 Å². The first kappa shape index (κ1) is 14.5. The second-order valence-corrected chi connectivity index (χ2v) is 4.90. The third-order valence-corrected chi connectivity index (χ3v) is 3.49. The number of hydrogen-bond donors (Lipinski definition) is 2. The Bertz CT molecular complexity index is 227. The highest BCUT2D eigenvalue weighted by Crippen LogP contribution is 2.12. The van der Waals surface area contributed by atoms with Crippen LogP contribution in [0.3, 0.4) is 0 Å². The molecule has 0 aromatic carbocycles. The fourth-order valence-electron chi connectivity index (χ4n) is 2.61. The maximum atomic E-state index is 11.2. The molecule has 0 aromatic rings. The van der Waals surface area contributed by atoms with E-state index in [1.165, 1.54) is 19.3 Å². The third kappa shape index (κ3) is 4.64. The van der Waals surface area contributed by atoms with E-state index >= 15 is 0 Å². The Morgan fingerprint density at radius 2 is 2.24 bits per heavy atom. The molecule has 0 saturated carbocycles. The second-order valence-electron chi connectivity index (χ2n) is 4.90. The molecule has 0 amide bonds. The topological polar surface area (TPSA) is 52.6 Å². The van der Waals surface area contributed by atoms with E-state index < -0.39 is 5.97 Å². The molecule has 2 unspecified atom stereocenters. The molecule has 17 heavy (non-hydrogen) atoms. The van der Waals surface area contributed by atoms with Crippen molar-refractivity contribution >= 4 is 5.97 Å². The van der Waals surface area contributed by atoms with Crippen LogP contribution in [0.2, 0.25) is 0 Å². The number of carboxylic acids is 1. The summed E-state index contributed by atoms with van der Waals surface area (Å²) in [6.07, 6.45) is 5.39. The van der Waals surface area contributed by atoms with Gasteiger partial charge < -0.3 is 10.4 Å². The van der Waals surface area contributed by atoms with Crippen LogP contribution in [0.15, 0.2) is 0 Å². The minimum atomic E-state index is -0.684. The normalized spacial score (nSPS) is 22.6. The van der Waals surface area contributed by atoms with Gasteiger partial charge in [0.1, 0.15) is 6.04 Å². The predicted molar refractivity (Wildman–Crippen MR) is 69.2 cm³/mol. The van der Waals surface area contributed by atoms with Gasteiger partial charge in [-0.15, -0.1) is 0 Å². The van der Waals surface area contributed by atoms with Crippen molar-refractivity contribution in [1.82, 2.24) is 10.2 Å². The van der Waals surface area contributed by atoms with Crippen LogP contribution in [0.25, 0.3) is 0 Å². The maximum Gasteiger partial charge on any atom is 0.320 e. The summed E-state index contributed by atoms with van der Waals surface area (Å²) < 4.78 is 0. The molecule has 4 heteroatoms. The average Bonchev–Trinajstić information content (AvgIpc) is 2.31. The summed E-state index contributed by atoms with van der Waals surface area (Å²) in [6.45, 7) is 6.89. The lowest BCUT2D eigenvalue weighted by Crippen LogP contribution is -2.49. The fourth-order valence-corrected chi connectivity index (χ4v) is 2.61. The lowest BCUT2D eigenvalue weighted by Gasteiger charge is -2.33. The quantitative estimate of drug-likeness (QED) is 0.713. The van der Waals surface area contributed by atoms with Gasteiger partial charge in [0.05, 0.1) is 0 Å². The van der Waals surface area contributed by atoms with E-state index in [1.807, 2.05) is 6.92 Å². The Labute approximate surface area is 104 Å². The first-order valence-electron chi connectivity index (χ1n) is 6.89. The number of carbonyl (C=O) groups is 1. The zero-order valence-electron chi connectivity index (χ0n) is 11.1. The van der Waals surface area contributed by atoms with Gasteiger partial charge in [0.25, 0.3) is 0 Å². The standard InChI is InChI=1S/C13H26N2O2/c1-3-9-15(12(4-2)13(16)17)10-11-7-5-6-8-14-11/h11-12,14H,3-10H2,1-2H3,(H,16,17). The molecule has 100 valence electrons. The molecule has 0 radical (unpaired) electrons. The van der Waals surface area contributed by atoms with Crippen LogP contribution in [0.4, 0.5) is 0 Å². The van der Waals surface area contributed by atoms with Gasteiger partial charge in [0.15, 0.2) is 0 Å². The van der Waals surface area contributed by atoms with E-state index in [2.05, 4.69) is 17.1 Å². The maximum absolute atomic E-state index is 11.2. The van der Waals surface area contributed by atoms with E-state index in [-0.39, 0.29) is 6.04 Å². The van der Waals surface area contributed by atoms with Crippen LogP contribution < -0.4 is 5.32 Å². The minimum absolute atomic E-state index is 0.321. The lowest BCUT2D eigenvalue weighted by atomic mass is 10.0. The minimum Gasteiger partial charge on any atom is -0.480 e. The largest absolute Gasteiger partial charge is 0.480 e. The molecular formula is C13H26N2O2. The van der Waals surface area contributed by atoms with Crippen LogP contribution in [0.5, 0.6) is 0 Å². The Morgan fingerprint density at radius 3 is 2.71 bits per heavy atom. The number of carboxylic acid groups (broad SMARTS) is 1. The molecule has 1 aliphatic heterocycles. The van der Waals surface area contributed by atoms with Crippen LogP contribution >= 0.6 is 0 Å². The number of rotatable bonds is 7. The van der Waals surface area contributed by atoms with Crippen molar-refractivity contribution in [2.24, 2.45) is 0 Å². The van der Waals surface area contributed by atoms with Crippen molar-refractivity contribution in [3.63, 3.8) is 0 Å². The highest BCUT2D eigenvalue weighted by Gasteiger charge is 2.26. The highest BCUT2D eigenvalue weighted by molar-refractivity contribution is 5.73. The van der Waals surface area contributed by atoms with Gasteiger partial charge in [-0.2, -0.15) is 0 Å². The molecule has 1 fully saturated rings. The monoisotopic (exact) mass is 242 g/mol. The van der Waals surface area contributed by atoms with Gasteiger partial charge >= 0.3 is 5.97 Å². The predicted octanol–water partition coefficient (Wildman–Crippen LogP) is 1.70. The first-order chi connectivity index (χ1) is 8.19.